The number of hydrogen-bond acceptors (Lipinski definition) is 4. The smallest absolute Gasteiger partial charge is 0.0587 e. The van der Waals surface area contributed by atoms with Gasteiger partial charge in [0.1, 0.15) is 0 Å². The Bertz CT molecular complexity index is 366. The predicted octanol–water partition coefficient (Wildman–Crippen LogP) is 2.29. The van der Waals surface area contributed by atoms with Gasteiger partial charge in [0.15, 0.2) is 0 Å². The Morgan fingerprint density at radius 1 is 1.50 bits per heavy atom. The van der Waals surface area contributed by atoms with Gasteiger partial charge in [-0.05, 0) is 43.3 Å². The number of nitrogens with zero attached hydrogens (tertiary/aromatic N) is 1. The topological polar surface area (TPSA) is 49.5 Å². The van der Waals surface area contributed by atoms with Crippen LogP contribution in [-0.4, -0.2) is 35.7 Å². The highest BCUT2D eigenvalue weighted by Crippen LogP contribution is 2.32. The Kier molecular flexibility index (Phi) is 5.18. The van der Waals surface area contributed by atoms with Crippen LogP contribution in [0.4, 0.5) is 0 Å². The van der Waals surface area contributed by atoms with Crippen molar-refractivity contribution in [1.29, 1.82) is 0 Å². The third kappa shape index (κ3) is 2.94. The van der Waals surface area contributed by atoms with Crippen LogP contribution in [0.1, 0.15) is 42.2 Å². The largest absolute Gasteiger partial charge is 0.395 e. The number of aryl methyl sites for hydroxylation is 1. The first-order chi connectivity index (χ1) is 8.77. The molecule has 3 N–H and O–H groups in total. The van der Waals surface area contributed by atoms with Gasteiger partial charge in [-0.1, -0.05) is 12.8 Å². The minimum absolute atomic E-state index is 0.251. The summed E-state index contributed by atoms with van der Waals surface area (Å²) in [5.41, 5.74) is 7.35. The van der Waals surface area contributed by atoms with Crippen LogP contribution in [-0.2, 0) is 0 Å². The van der Waals surface area contributed by atoms with Crippen LogP contribution in [0.2, 0.25) is 0 Å². The van der Waals surface area contributed by atoms with Crippen molar-refractivity contribution in [1.82, 2.24) is 4.90 Å². The fourth-order valence-corrected chi connectivity index (χ4v) is 3.99. The Hall–Kier alpha value is -0.420. The number of likely N-dealkylation sites (tertiary alicyclic amines) is 1. The van der Waals surface area contributed by atoms with E-state index in [0.717, 1.165) is 13.0 Å². The monoisotopic (exact) mass is 268 g/mol. The number of rotatable bonds is 4. The summed E-state index contributed by atoms with van der Waals surface area (Å²) in [5, 5.41) is 11.8. The van der Waals surface area contributed by atoms with Crippen molar-refractivity contribution in [3.63, 3.8) is 0 Å². The van der Waals surface area contributed by atoms with Gasteiger partial charge < -0.3 is 10.8 Å². The molecule has 2 rings (SSSR count). The molecule has 2 atom stereocenters. The van der Waals surface area contributed by atoms with E-state index < -0.39 is 0 Å². The van der Waals surface area contributed by atoms with E-state index in [2.05, 4.69) is 23.3 Å². The molecule has 0 amide bonds. The highest BCUT2D eigenvalue weighted by molar-refractivity contribution is 7.10. The van der Waals surface area contributed by atoms with Crippen molar-refractivity contribution >= 4 is 11.3 Å². The maximum Gasteiger partial charge on any atom is 0.0587 e. The standard InChI is InChI=1S/C14H24N2OS/c1-11-6-8-18-14(11)13(9-15)16-7-4-2-3-5-12(16)10-17/h6,8,12-13,17H,2-5,7,9-10,15H2,1H3. The third-order valence-corrected chi connectivity index (χ3v) is 5.08. The van der Waals surface area contributed by atoms with Crippen molar-refractivity contribution in [2.24, 2.45) is 5.73 Å². The summed E-state index contributed by atoms with van der Waals surface area (Å²) in [6, 6.07) is 2.72. The van der Waals surface area contributed by atoms with E-state index in [4.69, 9.17) is 5.73 Å². The first kappa shape index (κ1) is 14.0. The van der Waals surface area contributed by atoms with Crippen LogP contribution in [0.5, 0.6) is 0 Å². The second-order valence-corrected chi connectivity index (χ2v) is 6.09. The molecule has 0 aliphatic carbocycles. The molecule has 18 heavy (non-hydrogen) atoms. The van der Waals surface area contributed by atoms with Gasteiger partial charge in [-0.2, -0.15) is 0 Å². The molecule has 102 valence electrons. The molecular weight excluding hydrogens is 244 g/mol. The lowest BCUT2D eigenvalue weighted by molar-refractivity contribution is 0.0882. The molecule has 0 aromatic carbocycles. The Balaban J connectivity index is 2.21. The van der Waals surface area contributed by atoms with E-state index >= 15 is 0 Å². The summed E-state index contributed by atoms with van der Waals surface area (Å²) in [6.07, 6.45) is 4.81. The van der Waals surface area contributed by atoms with Gasteiger partial charge in [-0.25, -0.2) is 0 Å². The molecule has 3 nitrogen and oxygen atoms in total. The number of hydrogen-bond donors (Lipinski definition) is 2. The number of aliphatic hydroxyl groups is 1. The van der Waals surface area contributed by atoms with Gasteiger partial charge >= 0.3 is 0 Å². The van der Waals surface area contributed by atoms with Gasteiger partial charge in [0.05, 0.1) is 12.6 Å². The van der Waals surface area contributed by atoms with Gasteiger partial charge in [0.2, 0.25) is 0 Å². The average molecular weight is 268 g/mol. The highest BCUT2D eigenvalue weighted by atomic mass is 32.1. The molecule has 4 heteroatoms. The lowest BCUT2D eigenvalue weighted by atomic mass is 10.1. The fraction of sp³-hybridized carbons (Fsp3) is 0.714. The van der Waals surface area contributed by atoms with E-state index in [0.29, 0.717) is 6.54 Å². The maximum atomic E-state index is 9.62. The lowest BCUT2D eigenvalue weighted by Gasteiger charge is -2.35. The molecule has 0 saturated carbocycles. The molecule has 1 saturated heterocycles. The Morgan fingerprint density at radius 3 is 2.94 bits per heavy atom. The summed E-state index contributed by atoms with van der Waals surface area (Å²) in [5.74, 6) is 0. The molecular formula is C14H24N2OS. The molecule has 1 aromatic rings. The first-order valence-electron chi connectivity index (χ1n) is 6.88. The van der Waals surface area contributed by atoms with Crippen molar-refractivity contribution in [2.45, 2.75) is 44.7 Å². The first-order valence-corrected chi connectivity index (χ1v) is 7.76. The molecule has 0 bridgehead atoms. The van der Waals surface area contributed by atoms with Crippen molar-refractivity contribution in [2.75, 3.05) is 19.7 Å². The van der Waals surface area contributed by atoms with Crippen LogP contribution < -0.4 is 5.73 Å². The molecule has 0 radical (unpaired) electrons. The van der Waals surface area contributed by atoms with E-state index in [1.165, 1.54) is 29.7 Å². The van der Waals surface area contributed by atoms with Crippen molar-refractivity contribution in [3.05, 3.63) is 21.9 Å². The Labute approximate surface area is 114 Å². The lowest BCUT2D eigenvalue weighted by Crippen LogP contribution is -2.43. The molecule has 1 fully saturated rings. The maximum absolute atomic E-state index is 9.62. The minimum Gasteiger partial charge on any atom is -0.395 e. The highest BCUT2D eigenvalue weighted by Gasteiger charge is 2.28. The Morgan fingerprint density at radius 2 is 2.33 bits per heavy atom. The van der Waals surface area contributed by atoms with Gasteiger partial charge in [-0.15, -0.1) is 11.3 Å². The quantitative estimate of drug-likeness (QED) is 0.881. The normalized spacial score (nSPS) is 23.8. The second kappa shape index (κ2) is 6.66. The summed E-state index contributed by atoms with van der Waals surface area (Å²) >= 11 is 1.79. The second-order valence-electron chi connectivity index (χ2n) is 5.14. The van der Waals surface area contributed by atoms with Crippen LogP contribution in [0.3, 0.4) is 0 Å². The summed E-state index contributed by atoms with van der Waals surface area (Å²) in [7, 11) is 0. The zero-order valence-electron chi connectivity index (χ0n) is 11.1. The van der Waals surface area contributed by atoms with Crippen LogP contribution in [0.25, 0.3) is 0 Å². The van der Waals surface area contributed by atoms with E-state index in [-0.39, 0.29) is 18.7 Å². The number of aliphatic hydroxyl groups excluding tert-OH is 1. The van der Waals surface area contributed by atoms with Gasteiger partial charge in [0, 0.05) is 17.5 Å². The number of thiophene rings is 1. The molecule has 1 aliphatic heterocycles. The molecule has 1 aliphatic rings. The van der Waals surface area contributed by atoms with Crippen LogP contribution >= 0.6 is 11.3 Å². The van der Waals surface area contributed by atoms with Crippen molar-refractivity contribution in [3.8, 4) is 0 Å². The van der Waals surface area contributed by atoms with Gasteiger partial charge in [0.25, 0.3) is 0 Å². The van der Waals surface area contributed by atoms with Gasteiger partial charge in [-0.3, -0.25) is 4.90 Å². The number of nitrogens with two attached hydrogens (primary N) is 1. The van der Waals surface area contributed by atoms with Crippen LogP contribution in [0, 0.1) is 6.92 Å². The summed E-state index contributed by atoms with van der Waals surface area (Å²) in [4.78, 5) is 3.81. The van der Waals surface area contributed by atoms with Crippen LogP contribution in [0.15, 0.2) is 11.4 Å². The average Bonchev–Trinajstić information content (AvgIpc) is 2.67. The van der Waals surface area contributed by atoms with E-state index in [9.17, 15) is 5.11 Å². The zero-order chi connectivity index (χ0) is 13.0. The van der Waals surface area contributed by atoms with E-state index in [1.807, 2.05) is 0 Å². The molecule has 2 unspecified atom stereocenters. The van der Waals surface area contributed by atoms with E-state index in [1.54, 1.807) is 11.3 Å². The predicted molar refractivity (Wildman–Crippen MR) is 76.9 cm³/mol. The molecule has 1 aromatic heterocycles. The SMILES string of the molecule is Cc1ccsc1C(CN)N1CCCCCC1CO. The third-order valence-electron chi connectivity index (χ3n) is 3.96. The molecule has 0 spiro atoms. The summed E-state index contributed by atoms with van der Waals surface area (Å²) < 4.78 is 0. The minimum atomic E-state index is 0.251. The summed E-state index contributed by atoms with van der Waals surface area (Å²) in [6.45, 7) is 4.10. The zero-order valence-corrected chi connectivity index (χ0v) is 12.0. The van der Waals surface area contributed by atoms with Crippen molar-refractivity contribution < 1.29 is 5.11 Å². The molecule has 2 heterocycles. The fourth-order valence-electron chi connectivity index (χ4n) is 2.92.